The van der Waals surface area contributed by atoms with Crippen molar-refractivity contribution in [3.63, 3.8) is 0 Å². The van der Waals surface area contributed by atoms with E-state index in [0.29, 0.717) is 18.2 Å². The van der Waals surface area contributed by atoms with E-state index >= 15 is 0 Å². The number of para-hydroxylation sites is 1. The molecule has 4 amide bonds. The summed E-state index contributed by atoms with van der Waals surface area (Å²) in [5, 5.41) is 12.5. The van der Waals surface area contributed by atoms with E-state index < -0.39 is 17.8 Å². The van der Waals surface area contributed by atoms with Gasteiger partial charge in [0.05, 0.1) is 12.3 Å². The Kier molecular flexibility index (Phi) is 5.68. The van der Waals surface area contributed by atoms with E-state index in [2.05, 4.69) is 5.32 Å². The first kappa shape index (κ1) is 20.1. The number of phenols is 1. The molecule has 1 saturated heterocycles. The van der Waals surface area contributed by atoms with Crippen molar-refractivity contribution in [2.24, 2.45) is 0 Å². The first-order valence-corrected chi connectivity index (χ1v) is 9.29. The highest BCUT2D eigenvalue weighted by molar-refractivity contribution is 6.39. The molecule has 1 heterocycles. The molecule has 29 heavy (non-hydrogen) atoms. The summed E-state index contributed by atoms with van der Waals surface area (Å²) in [4.78, 5) is 38.5. The van der Waals surface area contributed by atoms with Crippen molar-refractivity contribution in [2.75, 3.05) is 11.5 Å². The molecule has 2 aromatic rings. The molecule has 7 nitrogen and oxygen atoms in total. The quantitative estimate of drug-likeness (QED) is 0.597. The minimum atomic E-state index is -0.823. The Bertz CT molecular complexity index is 993. The Morgan fingerprint density at radius 2 is 1.79 bits per heavy atom. The molecule has 0 aliphatic carbocycles. The molecule has 2 aromatic carbocycles. The zero-order chi connectivity index (χ0) is 21.1. The fraction of sp³-hybridized carbons (Fsp3) is 0.227. The zero-order valence-electron chi connectivity index (χ0n) is 16.4. The third kappa shape index (κ3) is 3.99. The molecule has 0 unspecified atom stereocenters. The maximum Gasteiger partial charge on any atom is 0.335 e. The first-order chi connectivity index (χ1) is 13.8. The number of imide groups is 2. The van der Waals surface area contributed by atoms with Crippen LogP contribution in [0.25, 0.3) is 6.08 Å². The summed E-state index contributed by atoms with van der Waals surface area (Å²) in [5.74, 6) is -1.24. The Hall–Kier alpha value is -3.61. The lowest BCUT2D eigenvalue weighted by Crippen LogP contribution is -2.54. The summed E-state index contributed by atoms with van der Waals surface area (Å²) in [7, 11) is 0. The molecular formula is C22H22N2O5. The Labute approximate surface area is 168 Å². The topological polar surface area (TPSA) is 95.9 Å². The van der Waals surface area contributed by atoms with Crippen LogP contribution in [0.15, 0.2) is 48.0 Å². The van der Waals surface area contributed by atoms with Gasteiger partial charge in [-0.15, -0.1) is 0 Å². The smallest absolute Gasteiger partial charge is 0.335 e. The molecule has 1 aliphatic rings. The van der Waals surface area contributed by atoms with E-state index in [-0.39, 0.29) is 22.6 Å². The van der Waals surface area contributed by atoms with Gasteiger partial charge in [0.15, 0.2) is 11.5 Å². The molecule has 7 heteroatoms. The second kappa shape index (κ2) is 8.18. The number of amides is 4. The van der Waals surface area contributed by atoms with Gasteiger partial charge >= 0.3 is 6.03 Å². The number of nitrogens with zero attached hydrogens (tertiary/aromatic N) is 1. The summed E-state index contributed by atoms with van der Waals surface area (Å²) in [5.41, 5.74) is 1.38. The number of urea groups is 1. The Balaban J connectivity index is 1.99. The minimum Gasteiger partial charge on any atom is -0.504 e. The lowest BCUT2D eigenvalue weighted by Gasteiger charge is -2.26. The number of barbiturate groups is 1. The van der Waals surface area contributed by atoms with Crippen LogP contribution in [0.4, 0.5) is 10.5 Å². The molecular weight excluding hydrogens is 372 g/mol. The van der Waals surface area contributed by atoms with E-state index in [0.717, 1.165) is 10.5 Å². The second-order valence-corrected chi connectivity index (χ2v) is 6.83. The highest BCUT2D eigenvalue weighted by Crippen LogP contribution is 2.32. The number of anilines is 1. The SMILES string of the molecule is CCOc1cccc(/C=C2/C(=O)NC(=O)N(c3ccc(C(C)C)cc3)C2=O)c1O. The predicted octanol–water partition coefficient (Wildman–Crippen LogP) is 3.58. The Morgan fingerprint density at radius 1 is 1.10 bits per heavy atom. The summed E-state index contributed by atoms with van der Waals surface area (Å²) in [6, 6.07) is 10.9. The maximum atomic E-state index is 13.0. The van der Waals surface area contributed by atoms with Gasteiger partial charge in [-0.25, -0.2) is 9.69 Å². The van der Waals surface area contributed by atoms with E-state index in [1.54, 1.807) is 37.3 Å². The molecule has 1 aliphatic heterocycles. The minimum absolute atomic E-state index is 0.188. The van der Waals surface area contributed by atoms with Crippen LogP contribution in [-0.4, -0.2) is 29.6 Å². The average molecular weight is 394 g/mol. The van der Waals surface area contributed by atoms with Gasteiger partial charge in [0.1, 0.15) is 5.57 Å². The van der Waals surface area contributed by atoms with Crippen LogP contribution < -0.4 is 15.0 Å². The van der Waals surface area contributed by atoms with Gasteiger partial charge in [0.2, 0.25) is 0 Å². The lowest BCUT2D eigenvalue weighted by molar-refractivity contribution is -0.122. The molecule has 150 valence electrons. The number of nitrogens with one attached hydrogen (secondary N) is 1. The second-order valence-electron chi connectivity index (χ2n) is 6.83. The van der Waals surface area contributed by atoms with Gasteiger partial charge in [-0.3, -0.25) is 14.9 Å². The summed E-state index contributed by atoms with van der Waals surface area (Å²) in [6.45, 7) is 6.20. The van der Waals surface area contributed by atoms with Gasteiger partial charge in [-0.1, -0.05) is 38.1 Å². The highest BCUT2D eigenvalue weighted by atomic mass is 16.5. The summed E-state index contributed by atoms with van der Waals surface area (Å²) in [6.07, 6.45) is 1.25. The normalized spacial score (nSPS) is 15.8. The van der Waals surface area contributed by atoms with Crippen molar-refractivity contribution in [1.29, 1.82) is 0 Å². The van der Waals surface area contributed by atoms with Crippen LogP contribution in [0.3, 0.4) is 0 Å². The van der Waals surface area contributed by atoms with E-state index in [1.807, 2.05) is 26.0 Å². The number of phenolic OH excluding ortho intramolecular Hbond substituents is 1. The van der Waals surface area contributed by atoms with Crippen molar-refractivity contribution in [3.05, 3.63) is 59.2 Å². The number of carbonyl (C=O) groups is 3. The van der Waals surface area contributed by atoms with Crippen molar-refractivity contribution >= 4 is 29.6 Å². The van der Waals surface area contributed by atoms with Crippen LogP contribution in [-0.2, 0) is 9.59 Å². The maximum absolute atomic E-state index is 13.0. The van der Waals surface area contributed by atoms with Crippen LogP contribution in [0, 0.1) is 0 Å². The number of rotatable bonds is 5. The van der Waals surface area contributed by atoms with Gasteiger partial charge in [-0.2, -0.15) is 0 Å². The van der Waals surface area contributed by atoms with Gasteiger partial charge < -0.3 is 9.84 Å². The molecule has 0 atom stereocenters. The van der Waals surface area contributed by atoms with Crippen molar-refractivity contribution in [3.8, 4) is 11.5 Å². The number of aromatic hydroxyl groups is 1. The standard InChI is InChI=1S/C22H22N2O5/c1-4-29-18-7-5-6-15(19(18)25)12-17-20(26)23-22(28)24(21(17)27)16-10-8-14(9-11-16)13(2)3/h5-13,25H,4H2,1-3H3,(H,23,26,28)/b17-12-. The highest BCUT2D eigenvalue weighted by Gasteiger charge is 2.37. The first-order valence-electron chi connectivity index (χ1n) is 9.29. The largest absolute Gasteiger partial charge is 0.504 e. The lowest BCUT2D eigenvalue weighted by atomic mass is 10.0. The third-order valence-electron chi connectivity index (χ3n) is 4.55. The monoisotopic (exact) mass is 394 g/mol. The fourth-order valence-corrected chi connectivity index (χ4v) is 2.98. The average Bonchev–Trinajstić information content (AvgIpc) is 2.68. The summed E-state index contributed by atoms with van der Waals surface area (Å²) < 4.78 is 5.33. The Morgan fingerprint density at radius 3 is 2.41 bits per heavy atom. The van der Waals surface area contributed by atoms with E-state index in [1.165, 1.54) is 6.08 Å². The van der Waals surface area contributed by atoms with Crippen LogP contribution in [0.5, 0.6) is 11.5 Å². The number of benzene rings is 2. The molecule has 2 N–H and O–H groups in total. The summed E-state index contributed by atoms with van der Waals surface area (Å²) >= 11 is 0. The van der Waals surface area contributed by atoms with E-state index in [4.69, 9.17) is 4.74 Å². The van der Waals surface area contributed by atoms with Crippen molar-refractivity contribution < 1.29 is 24.2 Å². The van der Waals surface area contributed by atoms with Crippen LogP contribution in [0.2, 0.25) is 0 Å². The number of ether oxygens (including phenoxy) is 1. The van der Waals surface area contributed by atoms with Crippen LogP contribution in [0.1, 0.15) is 37.8 Å². The predicted molar refractivity (Wildman–Crippen MR) is 109 cm³/mol. The van der Waals surface area contributed by atoms with Gasteiger partial charge in [-0.05, 0) is 42.7 Å². The molecule has 0 aromatic heterocycles. The molecule has 1 fully saturated rings. The van der Waals surface area contributed by atoms with Crippen molar-refractivity contribution in [2.45, 2.75) is 26.7 Å². The molecule has 0 saturated carbocycles. The van der Waals surface area contributed by atoms with Crippen molar-refractivity contribution in [1.82, 2.24) is 5.32 Å². The molecule has 0 radical (unpaired) electrons. The molecule has 0 bridgehead atoms. The van der Waals surface area contributed by atoms with E-state index in [9.17, 15) is 19.5 Å². The number of hydrogen-bond donors (Lipinski definition) is 2. The van der Waals surface area contributed by atoms with Crippen LogP contribution >= 0.6 is 0 Å². The third-order valence-corrected chi connectivity index (χ3v) is 4.55. The molecule has 3 rings (SSSR count). The number of carbonyl (C=O) groups excluding carboxylic acids is 3. The number of hydrogen-bond acceptors (Lipinski definition) is 5. The molecule has 0 spiro atoms. The van der Waals surface area contributed by atoms with Gasteiger partial charge in [0, 0.05) is 5.56 Å². The zero-order valence-corrected chi connectivity index (χ0v) is 16.4. The van der Waals surface area contributed by atoms with Gasteiger partial charge in [0.25, 0.3) is 11.8 Å². The fourth-order valence-electron chi connectivity index (χ4n) is 2.98.